The second-order valence-corrected chi connectivity index (χ2v) is 6.48. The van der Waals surface area contributed by atoms with Crippen LogP contribution in [0.15, 0.2) is 47.1 Å². The number of hydrogen-bond acceptors (Lipinski definition) is 4. The zero-order valence-corrected chi connectivity index (χ0v) is 15.5. The van der Waals surface area contributed by atoms with Crippen molar-refractivity contribution in [3.63, 3.8) is 0 Å². The normalized spacial score (nSPS) is 11.8. The Balaban J connectivity index is 1.74. The molecule has 0 saturated carbocycles. The maximum atomic E-state index is 12.4. The van der Waals surface area contributed by atoms with Crippen molar-refractivity contribution >= 4 is 11.8 Å². The summed E-state index contributed by atoms with van der Waals surface area (Å²) in [5, 5.41) is 5.56. The van der Waals surface area contributed by atoms with E-state index >= 15 is 0 Å². The smallest absolute Gasteiger partial charge is 0.287 e. The zero-order valence-electron chi connectivity index (χ0n) is 15.5. The van der Waals surface area contributed by atoms with Crippen molar-refractivity contribution in [2.75, 3.05) is 13.2 Å². The summed E-state index contributed by atoms with van der Waals surface area (Å²) >= 11 is 0. The van der Waals surface area contributed by atoms with Gasteiger partial charge in [-0.2, -0.15) is 0 Å². The highest BCUT2D eigenvalue weighted by Gasteiger charge is 2.25. The van der Waals surface area contributed by atoms with Gasteiger partial charge >= 0.3 is 0 Å². The van der Waals surface area contributed by atoms with E-state index in [1.807, 2.05) is 45.0 Å². The Bertz CT molecular complexity index is 710. The van der Waals surface area contributed by atoms with Crippen LogP contribution in [0.3, 0.4) is 0 Å². The average Bonchev–Trinajstić information content (AvgIpc) is 3.13. The van der Waals surface area contributed by atoms with Crippen LogP contribution < -0.4 is 15.4 Å². The minimum absolute atomic E-state index is 0.0440. The van der Waals surface area contributed by atoms with Gasteiger partial charge in [-0.1, -0.05) is 26.0 Å². The molecule has 0 unspecified atom stereocenters. The summed E-state index contributed by atoms with van der Waals surface area (Å²) in [7, 11) is 0. The van der Waals surface area contributed by atoms with Gasteiger partial charge in [0.15, 0.2) is 5.76 Å². The predicted molar refractivity (Wildman–Crippen MR) is 99.1 cm³/mol. The summed E-state index contributed by atoms with van der Waals surface area (Å²) in [5.41, 5.74) is 1.14. The number of nitrogens with one attached hydrogen (secondary N) is 2. The van der Waals surface area contributed by atoms with Gasteiger partial charge in [-0.3, -0.25) is 9.59 Å². The molecule has 1 aromatic heterocycles. The molecule has 140 valence electrons. The number of amides is 2. The second kappa shape index (κ2) is 9.65. The molecule has 0 spiro atoms. The molecule has 26 heavy (non-hydrogen) atoms. The topological polar surface area (TPSA) is 80.6 Å². The van der Waals surface area contributed by atoms with Crippen LogP contribution in [0.2, 0.25) is 0 Å². The van der Waals surface area contributed by atoms with Crippen molar-refractivity contribution in [2.24, 2.45) is 5.92 Å². The van der Waals surface area contributed by atoms with E-state index < -0.39 is 11.9 Å². The van der Waals surface area contributed by atoms with Crippen molar-refractivity contribution in [1.82, 2.24) is 10.6 Å². The maximum Gasteiger partial charge on any atom is 0.287 e. The number of furan rings is 1. The first kappa shape index (κ1) is 19.6. The van der Waals surface area contributed by atoms with Crippen molar-refractivity contribution in [2.45, 2.75) is 33.2 Å². The SMILES string of the molecule is Cc1cccc(OCCCNC(=O)[C@@H](NC(=O)c2ccco2)C(C)C)c1. The van der Waals surface area contributed by atoms with E-state index in [2.05, 4.69) is 10.6 Å². The summed E-state index contributed by atoms with van der Waals surface area (Å²) in [6.45, 7) is 6.76. The molecule has 2 N–H and O–H groups in total. The largest absolute Gasteiger partial charge is 0.494 e. The van der Waals surface area contributed by atoms with Gasteiger partial charge in [0, 0.05) is 6.54 Å². The Morgan fingerprint density at radius 3 is 2.65 bits per heavy atom. The maximum absolute atomic E-state index is 12.4. The minimum atomic E-state index is -0.620. The number of carbonyl (C=O) groups excluding carboxylic acids is 2. The first-order chi connectivity index (χ1) is 12.5. The molecule has 1 heterocycles. The summed E-state index contributed by atoms with van der Waals surface area (Å²) < 4.78 is 10.7. The van der Waals surface area contributed by atoms with E-state index in [0.717, 1.165) is 11.3 Å². The highest BCUT2D eigenvalue weighted by atomic mass is 16.5. The van der Waals surface area contributed by atoms with E-state index in [9.17, 15) is 9.59 Å². The van der Waals surface area contributed by atoms with Gasteiger partial charge in [-0.05, 0) is 49.1 Å². The molecule has 2 rings (SSSR count). The second-order valence-electron chi connectivity index (χ2n) is 6.48. The lowest BCUT2D eigenvalue weighted by atomic mass is 10.0. The lowest BCUT2D eigenvalue weighted by molar-refractivity contribution is -0.123. The van der Waals surface area contributed by atoms with E-state index in [1.165, 1.54) is 6.26 Å². The van der Waals surface area contributed by atoms with Gasteiger partial charge in [0.1, 0.15) is 11.8 Å². The first-order valence-electron chi connectivity index (χ1n) is 8.79. The fourth-order valence-corrected chi connectivity index (χ4v) is 2.44. The molecule has 6 nitrogen and oxygen atoms in total. The van der Waals surface area contributed by atoms with Gasteiger partial charge < -0.3 is 19.8 Å². The highest BCUT2D eigenvalue weighted by molar-refractivity contribution is 5.95. The van der Waals surface area contributed by atoms with Crippen LogP contribution in [0.1, 0.15) is 36.4 Å². The van der Waals surface area contributed by atoms with Gasteiger partial charge in [-0.15, -0.1) is 0 Å². The minimum Gasteiger partial charge on any atom is -0.494 e. The quantitative estimate of drug-likeness (QED) is 0.676. The molecule has 0 aliphatic carbocycles. The van der Waals surface area contributed by atoms with Gasteiger partial charge in [0.2, 0.25) is 5.91 Å². The molecule has 0 saturated heterocycles. The number of rotatable bonds is 9. The summed E-state index contributed by atoms with van der Waals surface area (Å²) in [6.07, 6.45) is 2.10. The lowest BCUT2D eigenvalue weighted by Gasteiger charge is -2.21. The van der Waals surface area contributed by atoms with Crippen molar-refractivity contribution in [1.29, 1.82) is 0 Å². The summed E-state index contributed by atoms with van der Waals surface area (Å²) in [5.74, 6) is 0.358. The van der Waals surface area contributed by atoms with Crippen LogP contribution in [-0.2, 0) is 4.79 Å². The molecular weight excluding hydrogens is 332 g/mol. The van der Waals surface area contributed by atoms with Gasteiger partial charge in [0.25, 0.3) is 5.91 Å². The molecule has 1 atom stereocenters. The molecule has 2 amide bonds. The van der Waals surface area contributed by atoms with Crippen LogP contribution in [0.5, 0.6) is 5.75 Å². The molecule has 1 aromatic carbocycles. The summed E-state index contributed by atoms with van der Waals surface area (Å²) in [4.78, 5) is 24.5. The Morgan fingerprint density at radius 1 is 1.19 bits per heavy atom. The van der Waals surface area contributed by atoms with E-state index in [4.69, 9.17) is 9.15 Å². The van der Waals surface area contributed by atoms with Crippen LogP contribution in [0.25, 0.3) is 0 Å². The fourth-order valence-electron chi connectivity index (χ4n) is 2.44. The molecule has 0 bridgehead atoms. The van der Waals surface area contributed by atoms with Crippen molar-refractivity contribution < 1.29 is 18.7 Å². The van der Waals surface area contributed by atoms with Crippen molar-refractivity contribution in [3.8, 4) is 5.75 Å². The molecule has 0 aliphatic heterocycles. The summed E-state index contributed by atoms with van der Waals surface area (Å²) in [6, 6.07) is 10.4. The third-order valence-electron chi connectivity index (χ3n) is 3.86. The molecule has 2 aromatic rings. The van der Waals surface area contributed by atoms with E-state index in [0.29, 0.717) is 19.6 Å². The average molecular weight is 358 g/mol. The highest BCUT2D eigenvalue weighted by Crippen LogP contribution is 2.12. The van der Waals surface area contributed by atoms with Crippen molar-refractivity contribution in [3.05, 3.63) is 54.0 Å². The van der Waals surface area contributed by atoms with Crippen LogP contribution in [0, 0.1) is 12.8 Å². The molecule has 0 radical (unpaired) electrons. The van der Waals surface area contributed by atoms with E-state index in [1.54, 1.807) is 12.1 Å². The Labute approximate surface area is 153 Å². The number of hydrogen-bond donors (Lipinski definition) is 2. The van der Waals surface area contributed by atoms with Crippen LogP contribution in [-0.4, -0.2) is 31.0 Å². The van der Waals surface area contributed by atoms with Gasteiger partial charge in [0.05, 0.1) is 12.9 Å². The monoisotopic (exact) mass is 358 g/mol. The lowest BCUT2D eigenvalue weighted by Crippen LogP contribution is -2.49. The number of carbonyl (C=O) groups is 2. The predicted octanol–water partition coefficient (Wildman–Crippen LogP) is 2.93. The Kier molecular flexibility index (Phi) is 7.26. The molecule has 6 heteroatoms. The Hall–Kier alpha value is -2.76. The molecule has 0 fully saturated rings. The third-order valence-corrected chi connectivity index (χ3v) is 3.86. The number of ether oxygens (including phenoxy) is 1. The number of benzene rings is 1. The number of aryl methyl sites for hydroxylation is 1. The zero-order chi connectivity index (χ0) is 18.9. The third kappa shape index (κ3) is 5.95. The molecular formula is C20H26N2O4. The fraction of sp³-hybridized carbons (Fsp3) is 0.400. The molecule has 0 aliphatic rings. The van der Waals surface area contributed by atoms with Crippen LogP contribution in [0.4, 0.5) is 0 Å². The first-order valence-corrected chi connectivity index (χ1v) is 8.79. The van der Waals surface area contributed by atoms with E-state index in [-0.39, 0.29) is 17.6 Å². The van der Waals surface area contributed by atoms with Gasteiger partial charge in [-0.25, -0.2) is 0 Å². The van der Waals surface area contributed by atoms with Crippen LogP contribution >= 0.6 is 0 Å². The Morgan fingerprint density at radius 2 is 2.00 bits per heavy atom. The standard InChI is InChI=1S/C20H26N2O4/c1-14(2)18(22-19(23)17-9-5-11-26-17)20(24)21-10-6-12-25-16-8-4-7-15(3)13-16/h4-5,7-9,11,13-14,18H,6,10,12H2,1-3H3,(H,21,24)(H,22,23)/t18-/m0/s1.